The molecule has 1 N–H and O–H groups in total. The standard InChI is InChI=1S/C16H19NOS/c18-15(5-4-12-6-9-17-10-7-12)14-3-1-2-13-8-11-19-16(13)14/h1-3,8,11-12,17H,4-7,9-10H2. The van der Waals surface area contributed by atoms with Gasteiger partial charge in [0.05, 0.1) is 0 Å². The van der Waals surface area contributed by atoms with E-state index < -0.39 is 0 Å². The number of hydrogen-bond donors (Lipinski definition) is 1. The van der Waals surface area contributed by atoms with Crippen LogP contribution in [0.4, 0.5) is 0 Å². The molecular formula is C16H19NOS. The predicted octanol–water partition coefficient (Wildman–Crippen LogP) is 3.86. The summed E-state index contributed by atoms with van der Waals surface area (Å²) in [6, 6.07) is 8.13. The summed E-state index contributed by atoms with van der Waals surface area (Å²) in [6.45, 7) is 2.22. The van der Waals surface area contributed by atoms with E-state index in [-0.39, 0.29) is 0 Å². The van der Waals surface area contributed by atoms with Crippen molar-refractivity contribution >= 4 is 27.2 Å². The summed E-state index contributed by atoms with van der Waals surface area (Å²) < 4.78 is 1.15. The van der Waals surface area contributed by atoms with Gasteiger partial charge in [-0.25, -0.2) is 0 Å². The summed E-state index contributed by atoms with van der Waals surface area (Å²) in [7, 11) is 0. The number of ketones is 1. The lowest BCUT2D eigenvalue weighted by molar-refractivity contribution is 0.0972. The largest absolute Gasteiger partial charge is 0.317 e. The number of hydrogen-bond acceptors (Lipinski definition) is 3. The molecule has 0 amide bonds. The van der Waals surface area contributed by atoms with E-state index in [0.29, 0.717) is 12.2 Å². The Hall–Kier alpha value is -1.19. The molecule has 1 aromatic heterocycles. The van der Waals surface area contributed by atoms with E-state index in [1.54, 1.807) is 11.3 Å². The van der Waals surface area contributed by atoms with Gasteiger partial charge in [-0.15, -0.1) is 11.3 Å². The van der Waals surface area contributed by atoms with E-state index in [1.807, 2.05) is 12.1 Å². The molecule has 3 rings (SSSR count). The lowest BCUT2D eigenvalue weighted by Gasteiger charge is -2.22. The minimum Gasteiger partial charge on any atom is -0.317 e. The Balaban J connectivity index is 1.68. The summed E-state index contributed by atoms with van der Waals surface area (Å²) in [5.41, 5.74) is 0.918. The molecule has 0 radical (unpaired) electrons. The van der Waals surface area contributed by atoms with Crippen molar-refractivity contribution in [2.75, 3.05) is 13.1 Å². The van der Waals surface area contributed by atoms with E-state index in [1.165, 1.54) is 18.2 Å². The van der Waals surface area contributed by atoms with Crippen LogP contribution in [0.5, 0.6) is 0 Å². The predicted molar refractivity (Wildman–Crippen MR) is 81.0 cm³/mol. The van der Waals surface area contributed by atoms with Crippen LogP contribution in [0.3, 0.4) is 0 Å². The average Bonchev–Trinajstić information content (AvgIpc) is 2.94. The Bertz CT molecular complexity index is 569. The van der Waals surface area contributed by atoms with Crippen molar-refractivity contribution < 1.29 is 4.79 Å². The minimum absolute atomic E-state index is 0.312. The van der Waals surface area contributed by atoms with Crippen molar-refractivity contribution in [2.24, 2.45) is 5.92 Å². The Labute approximate surface area is 117 Å². The fourth-order valence-electron chi connectivity index (χ4n) is 2.85. The first-order chi connectivity index (χ1) is 9.34. The molecule has 0 unspecified atom stereocenters. The molecule has 1 saturated heterocycles. The van der Waals surface area contributed by atoms with E-state index >= 15 is 0 Å². The smallest absolute Gasteiger partial charge is 0.164 e. The summed E-state index contributed by atoms with van der Waals surface area (Å²) in [5.74, 6) is 1.04. The molecule has 1 aliphatic heterocycles. The van der Waals surface area contributed by atoms with Gasteiger partial charge in [0.15, 0.2) is 5.78 Å². The number of benzene rings is 1. The molecule has 0 atom stereocenters. The van der Waals surface area contributed by atoms with Crippen LogP contribution < -0.4 is 5.32 Å². The second kappa shape index (κ2) is 5.85. The molecule has 0 bridgehead atoms. The first kappa shape index (κ1) is 12.8. The van der Waals surface area contributed by atoms with Crippen molar-refractivity contribution in [1.82, 2.24) is 5.32 Å². The Morgan fingerprint density at radius 1 is 1.26 bits per heavy atom. The van der Waals surface area contributed by atoms with E-state index in [0.717, 1.165) is 35.7 Å². The molecule has 2 aromatic rings. The second-order valence-corrected chi connectivity index (χ2v) is 6.22. The molecule has 1 fully saturated rings. The molecule has 2 heterocycles. The van der Waals surface area contributed by atoms with Gasteiger partial charge in [-0.2, -0.15) is 0 Å². The van der Waals surface area contributed by atoms with Gasteiger partial charge in [0, 0.05) is 16.7 Å². The monoisotopic (exact) mass is 273 g/mol. The van der Waals surface area contributed by atoms with Crippen LogP contribution in [0.1, 0.15) is 36.0 Å². The molecule has 1 aromatic carbocycles. The van der Waals surface area contributed by atoms with Crippen molar-refractivity contribution in [1.29, 1.82) is 0 Å². The lowest BCUT2D eigenvalue weighted by Crippen LogP contribution is -2.27. The molecule has 0 aliphatic carbocycles. The van der Waals surface area contributed by atoms with Crippen LogP contribution >= 0.6 is 11.3 Å². The number of carbonyl (C=O) groups excluding carboxylic acids is 1. The van der Waals surface area contributed by atoms with Crippen molar-refractivity contribution in [3.05, 3.63) is 35.2 Å². The highest BCUT2D eigenvalue weighted by Gasteiger charge is 2.16. The van der Waals surface area contributed by atoms with Crippen molar-refractivity contribution in [3.63, 3.8) is 0 Å². The topological polar surface area (TPSA) is 29.1 Å². The number of nitrogens with one attached hydrogen (secondary N) is 1. The first-order valence-corrected chi connectivity index (χ1v) is 7.93. The molecule has 0 spiro atoms. The number of Topliss-reactive ketones (excluding diaryl/α,β-unsaturated/α-hetero) is 1. The number of piperidine rings is 1. The van der Waals surface area contributed by atoms with Gasteiger partial charge in [-0.05, 0) is 61.2 Å². The third-order valence-corrected chi connectivity index (χ3v) is 4.98. The van der Waals surface area contributed by atoms with Gasteiger partial charge in [-0.1, -0.05) is 12.1 Å². The summed E-state index contributed by atoms with van der Waals surface area (Å²) >= 11 is 1.67. The van der Waals surface area contributed by atoms with Crippen LogP contribution in [-0.4, -0.2) is 18.9 Å². The first-order valence-electron chi connectivity index (χ1n) is 7.05. The highest BCUT2D eigenvalue weighted by Crippen LogP contribution is 2.27. The average molecular weight is 273 g/mol. The van der Waals surface area contributed by atoms with Crippen molar-refractivity contribution in [3.8, 4) is 0 Å². The second-order valence-electron chi connectivity index (χ2n) is 5.30. The zero-order chi connectivity index (χ0) is 13.1. The van der Waals surface area contributed by atoms with E-state index in [2.05, 4.69) is 22.8 Å². The van der Waals surface area contributed by atoms with Crippen LogP contribution in [-0.2, 0) is 0 Å². The third kappa shape index (κ3) is 2.88. The van der Waals surface area contributed by atoms with Gasteiger partial charge in [0.2, 0.25) is 0 Å². The molecule has 100 valence electrons. The normalized spacial score (nSPS) is 16.8. The van der Waals surface area contributed by atoms with Gasteiger partial charge < -0.3 is 5.32 Å². The van der Waals surface area contributed by atoms with Crippen LogP contribution in [0.15, 0.2) is 29.6 Å². The molecule has 19 heavy (non-hydrogen) atoms. The number of carbonyl (C=O) groups is 1. The molecular weight excluding hydrogens is 254 g/mol. The quantitative estimate of drug-likeness (QED) is 0.857. The number of rotatable bonds is 4. The summed E-state index contributed by atoms with van der Waals surface area (Å²) in [4.78, 5) is 12.4. The van der Waals surface area contributed by atoms with Gasteiger partial charge in [-0.3, -0.25) is 4.79 Å². The van der Waals surface area contributed by atoms with E-state index in [4.69, 9.17) is 0 Å². The van der Waals surface area contributed by atoms with Crippen LogP contribution in [0.25, 0.3) is 10.1 Å². The van der Waals surface area contributed by atoms with Gasteiger partial charge in [0.1, 0.15) is 0 Å². The fourth-order valence-corrected chi connectivity index (χ4v) is 3.78. The molecule has 1 aliphatic rings. The fraction of sp³-hybridized carbons (Fsp3) is 0.438. The lowest BCUT2D eigenvalue weighted by atomic mass is 9.91. The van der Waals surface area contributed by atoms with Crippen LogP contribution in [0.2, 0.25) is 0 Å². The highest BCUT2D eigenvalue weighted by atomic mass is 32.1. The number of thiophene rings is 1. The minimum atomic E-state index is 0.312. The van der Waals surface area contributed by atoms with Crippen LogP contribution in [0, 0.1) is 5.92 Å². The SMILES string of the molecule is O=C(CCC1CCNCC1)c1cccc2ccsc12. The highest BCUT2D eigenvalue weighted by molar-refractivity contribution is 7.17. The molecule has 2 nitrogen and oxygen atoms in total. The van der Waals surface area contributed by atoms with E-state index in [9.17, 15) is 4.79 Å². The Kier molecular flexibility index (Phi) is 3.95. The third-order valence-electron chi connectivity index (χ3n) is 4.02. The summed E-state index contributed by atoms with van der Waals surface area (Å²) in [5, 5.41) is 6.63. The Morgan fingerprint density at radius 2 is 2.11 bits per heavy atom. The maximum atomic E-state index is 12.4. The zero-order valence-electron chi connectivity index (χ0n) is 11.0. The van der Waals surface area contributed by atoms with Crippen molar-refractivity contribution in [2.45, 2.75) is 25.7 Å². The van der Waals surface area contributed by atoms with Gasteiger partial charge in [0.25, 0.3) is 0 Å². The zero-order valence-corrected chi connectivity index (χ0v) is 11.8. The maximum Gasteiger partial charge on any atom is 0.164 e. The van der Waals surface area contributed by atoms with Gasteiger partial charge >= 0.3 is 0 Å². The maximum absolute atomic E-state index is 12.4. The Morgan fingerprint density at radius 3 is 2.95 bits per heavy atom. The summed E-state index contributed by atoms with van der Waals surface area (Å²) in [6.07, 6.45) is 4.18. The molecule has 3 heteroatoms. The molecule has 0 saturated carbocycles. The number of fused-ring (bicyclic) bond motifs is 1.